The van der Waals surface area contributed by atoms with Crippen LogP contribution in [0.25, 0.3) is 21.9 Å². The van der Waals surface area contributed by atoms with Crippen molar-refractivity contribution in [3.8, 4) is 5.75 Å². The van der Waals surface area contributed by atoms with Crippen LogP contribution in [-0.4, -0.2) is 40.3 Å². The van der Waals surface area contributed by atoms with E-state index in [4.69, 9.17) is 20.2 Å². The average Bonchev–Trinajstić information content (AvgIpc) is 3.07. The minimum Gasteiger partial charge on any atom is -0.490 e. The summed E-state index contributed by atoms with van der Waals surface area (Å²) in [5.74, 6) is 2.23. The van der Waals surface area contributed by atoms with Crippen LogP contribution in [0.15, 0.2) is 18.2 Å². The maximum Gasteiger partial charge on any atom is 0.152 e. The van der Waals surface area contributed by atoms with Gasteiger partial charge in [-0.05, 0) is 57.5 Å². The summed E-state index contributed by atoms with van der Waals surface area (Å²) in [4.78, 5) is 9.35. The van der Waals surface area contributed by atoms with E-state index in [9.17, 15) is 0 Å². The number of aryl methyl sites for hydroxylation is 1. The monoisotopic (exact) mass is 383 g/mol. The zero-order chi connectivity index (χ0) is 19.5. The fourth-order valence-electron chi connectivity index (χ4n) is 3.88. The van der Waals surface area contributed by atoms with Gasteiger partial charge >= 0.3 is 0 Å². The van der Waals surface area contributed by atoms with E-state index in [1.807, 2.05) is 19.1 Å². The summed E-state index contributed by atoms with van der Waals surface area (Å²) in [7, 11) is 0. The molecule has 0 bridgehead atoms. The number of pyridine rings is 1. The molecule has 0 saturated carbocycles. The third-order valence-electron chi connectivity index (χ3n) is 5.22. The first-order valence-corrected chi connectivity index (χ1v) is 10.2. The van der Waals surface area contributed by atoms with Gasteiger partial charge in [0, 0.05) is 18.5 Å². The molecule has 3 heterocycles. The Morgan fingerprint density at radius 1 is 1.21 bits per heavy atom. The van der Waals surface area contributed by atoms with Gasteiger partial charge in [-0.3, -0.25) is 0 Å². The maximum atomic E-state index is 6.26. The predicted octanol–water partition coefficient (Wildman–Crippen LogP) is 3.24. The van der Waals surface area contributed by atoms with Crippen LogP contribution in [0.5, 0.6) is 5.75 Å². The van der Waals surface area contributed by atoms with E-state index < -0.39 is 0 Å². The highest BCUT2D eigenvalue weighted by Gasteiger charge is 2.19. The molecule has 4 rings (SSSR count). The van der Waals surface area contributed by atoms with Crippen molar-refractivity contribution in [1.29, 1.82) is 0 Å². The Morgan fingerprint density at radius 2 is 2.04 bits per heavy atom. The average molecular weight is 383 g/mol. The summed E-state index contributed by atoms with van der Waals surface area (Å²) < 4.78 is 14.1. The van der Waals surface area contributed by atoms with Gasteiger partial charge in [-0.2, -0.15) is 0 Å². The molecule has 3 N–H and O–H groups in total. The van der Waals surface area contributed by atoms with E-state index in [0.717, 1.165) is 72.4 Å². The third-order valence-corrected chi connectivity index (χ3v) is 5.22. The van der Waals surface area contributed by atoms with Gasteiger partial charge in [-0.25, -0.2) is 9.97 Å². The van der Waals surface area contributed by atoms with Crippen molar-refractivity contribution in [2.45, 2.75) is 52.4 Å². The summed E-state index contributed by atoms with van der Waals surface area (Å²) in [5, 5.41) is 4.40. The number of benzene rings is 1. The SMILES string of the molecule is CCCn1c(COCC)nc2c(N)nc3ccc(OC4CCNCC4)cc3c21. The second kappa shape index (κ2) is 8.32. The molecule has 0 atom stereocenters. The summed E-state index contributed by atoms with van der Waals surface area (Å²) in [6.45, 7) is 8.14. The normalized spacial score (nSPS) is 15.5. The number of anilines is 1. The smallest absolute Gasteiger partial charge is 0.152 e. The molecule has 150 valence electrons. The summed E-state index contributed by atoms with van der Waals surface area (Å²) in [5.41, 5.74) is 8.88. The van der Waals surface area contributed by atoms with Crippen LogP contribution in [0, 0.1) is 0 Å². The molecule has 1 aliphatic rings. The van der Waals surface area contributed by atoms with Crippen LogP contribution in [0.3, 0.4) is 0 Å². The van der Waals surface area contributed by atoms with Gasteiger partial charge in [0.15, 0.2) is 5.82 Å². The van der Waals surface area contributed by atoms with Crippen LogP contribution < -0.4 is 15.8 Å². The minimum absolute atomic E-state index is 0.255. The summed E-state index contributed by atoms with van der Waals surface area (Å²) >= 11 is 0. The molecule has 7 heteroatoms. The highest BCUT2D eigenvalue weighted by atomic mass is 16.5. The molecular formula is C21H29N5O2. The zero-order valence-corrected chi connectivity index (χ0v) is 16.7. The Balaban J connectivity index is 1.82. The molecular weight excluding hydrogens is 354 g/mol. The highest BCUT2D eigenvalue weighted by molar-refractivity contribution is 6.07. The van der Waals surface area contributed by atoms with Crippen LogP contribution in [0.4, 0.5) is 5.82 Å². The summed E-state index contributed by atoms with van der Waals surface area (Å²) in [6.07, 6.45) is 3.31. The first-order valence-electron chi connectivity index (χ1n) is 10.2. The van der Waals surface area contributed by atoms with Gasteiger partial charge in [-0.15, -0.1) is 0 Å². The first kappa shape index (κ1) is 19.0. The van der Waals surface area contributed by atoms with E-state index in [1.165, 1.54) is 0 Å². The molecule has 0 radical (unpaired) electrons. The zero-order valence-electron chi connectivity index (χ0n) is 16.7. The number of rotatable bonds is 7. The van der Waals surface area contributed by atoms with Crippen molar-refractivity contribution in [2.24, 2.45) is 0 Å². The molecule has 1 aromatic carbocycles. The number of nitrogens with zero attached hydrogens (tertiary/aromatic N) is 3. The number of nitrogens with one attached hydrogen (secondary N) is 1. The van der Waals surface area contributed by atoms with Crippen molar-refractivity contribution in [1.82, 2.24) is 19.9 Å². The number of hydrogen-bond donors (Lipinski definition) is 2. The Morgan fingerprint density at radius 3 is 2.79 bits per heavy atom. The second-order valence-electron chi connectivity index (χ2n) is 7.26. The number of imidazole rings is 1. The van der Waals surface area contributed by atoms with Crippen molar-refractivity contribution in [3.63, 3.8) is 0 Å². The van der Waals surface area contributed by atoms with Crippen molar-refractivity contribution < 1.29 is 9.47 Å². The molecule has 1 saturated heterocycles. The van der Waals surface area contributed by atoms with Crippen LogP contribution in [-0.2, 0) is 17.9 Å². The molecule has 0 spiro atoms. The molecule has 0 amide bonds. The minimum atomic E-state index is 0.255. The van der Waals surface area contributed by atoms with Crippen LogP contribution >= 0.6 is 0 Å². The highest BCUT2D eigenvalue weighted by Crippen LogP contribution is 2.32. The third kappa shape index (κ3) is 3.64. The lowest BCUT2D eigenvalue weighted by molar-refractivity contribution is 0.126. The molecule has 1 aliphatic heterocycles. The lowest BCUT2D eigenvalue weighted by Crippen LogP contribution is -2.34. The predicted molar refractivity (Wildman–Crippen MR) is 112 cm³/mol. The van der Waals surface area contributed by atoms with Gasteiger partial charge < -0.3 is 25.1 Å². The topological polar surface area (TPSA) is 87.2 Å². The van der Waals surface area contributed by atoms with Crippen molar-refractivity contribution >= 4 is 27.8 Å². The molecule has 0 aliphatic carbocycles. The number of aromatic nitrogens is 3. The van der Waals surface area contributed by atoms with Crippen LogP contribution in [0.2, 0.25) is 0 Å². The van der Waals surface area contributed by atoms with Crippen molar-refractivity contribution in [2.75, 3.05) is 25.4 Å². The molecule has 2 aromatic heterocycles. The quantitative estimate of drug-likeness (QED) is 0.651. The molecule has 7 nitrogen and oxygen atoms in total. The molecule has 1 fully saturated rings. The van der Waals surface area contributed by atoms with Crippen LogP contribution in [0.1, 0.15) is 38.9 Å². The van der Waals surface area contributed by atoms with E-state index in [1.54, 1.807) is 0 Å². The number of ether oxygens (including phenoxy) is 2. The van der Waals surface area contributed by atoms with E-state index >= 15 is 0 Å². The largest absolute Gasteiger partial charge is 0.490 e. The van der Waals surface area contributed by atoms with E-state index in [2.05, 4.69) is 27.9 Å². The number of nitrogen functional groups attached to an aromatic ring is 1. The standard InChI is InChI=1S/C21H29N5O2/c1-3-11-26-18(13-27-4-2)25-19-20(26)16-12-15(5-6-17(16)24-21(19)22)28-14-7-9-23-10-8-14/h5-6,12,14,23H,3-4,7-11,13H2,1-2H3,(H2,22,24). The Kier molecular flexibility index (Phi) is 5.64. The van der Waals surface area contributed by atoms with Gasteiger partial charge in [0.1, 0.15) is 29.8 Å². The fraction of sp³-hybridized carbons (Fsp3) is 0.524. The van der Waals surface area contributed by atoms with Gasteiger partial charge in [-0.1, -0.05) is 6.92 Å². The van der Waals surface area contributed by atoms with Crippen molar-refractivity contribution in [3.05, 3.63) is 24.0 Å². The molecule has 28 heavy (non-hydrogen) atoms. The Labute approximate surface area is 165 Å². The summed E-state index contributed by atoms with van der Waals surface area (Å²) in [6, 6.07) is 6.07. The first-order chi connectivity index (χ1) is 13.7. The Bertz CT molecular complexity index is 962. The fourth-order valence-corrected chi connectivity index (χ4v) is 3.88. The van der Waals surface area contributed by atoms with Gasteiger partial charge in [0.05, 0.1) is 11.0 Å². The Hall–Kier alpha value is -2.38. The molecule has 3 aromatic rings. The number of piperidine rings is 1. The number of nitrogens with two attached hydrogens (primary N) is 1. The molecule has 0 unspecified atom stereocenters. The number of hydrogen-bond acceptors (Lipinski definition) is 6. The second-order valence-corrected chi connectivity index (χ2v) is 7.26. The van der Waals surface area contributed by atoms with E-state index in [0.29, 0.717) is 19.0 Å². The number of fused-ring (bicyclic) bond motifs is 3. The lowest BCUT2D eigenvalue weighted by Gasteiger charge is -2.24. The van der Waals surface area contributed by atoms with Gasteiger partial charge in [0.2, 0.25) is 0 Å². The maximum absolute atomic E-state index is 6.26. The lowest BCUT2D eigenvalue weighted by atomic mass is 10.1. The van der Waals surface area contributed by atoms with Gasteiger partial charge in [0.25, 0.3) is 0 Å². The van der Waals surface area contributed by atoms with E-state index in [-0.39, 0.29) is 6.10 Å².